The predicted molar refractivity (Wildman–Crippen MR) is 101 cm³/mol. The van der Waals surface area contributed by atoms with Crippen molar-refractivity contribution in [1.29, 1.82) is 5.26 Å². The molecule has 3 heterocycles. The molecule has 0 aliphatic carbocycles. The molecular formula is C19H20N4O3S. The molecular weight excluding hydrogens is 364 g/mol. The highest BCUT2D eigenvalue weighted by molar-refractivity contribution is 7.16. The Hall–Kier alpha value is -2.92. The number of anilines is 1. The highest BCUT2D eigenvalue weighted by Gasteiger charge is 2.28. The topological polar surface area (TPSA) is 95.3 Å². The first-order chi connectivity index (χ1) is 13.1. The lowest BCUT2D eigenvalue weighted by Gasteiger charge is -2.25. The Labute approximate surface area is 161 Å². The van der Waals surface area contributed by atoms with Crippen molar-refractivity contribution in [3.05, 3.63) is 46.1 Å². The molecule has 1 aliphatic rings. The normalized spacial score (nSPS) is 12.8. The Kier molecular flexibility index (Phi) is 6.04. The zero-order valence-electron chi connectivity index (χ0n) is 15.0. The molecule has 8 heteroatoms. The highest BCUT2D eigenvalue weighted by Crippen LogP contribution is 2.36. The number of carbonyl (C=O) groups excluding carboxylic acids is 2. The molecule has 3 rings (SSSR count). The van der Waals surface area contributed by atoms with Gasteiger partial charge in [0.1, 0.15) is 11.1 Å². The molecule has 0 bridgehead atoms. The molecule has 140 valence electrons. The van der Waals surface area contributed by atoms with Crippen LogP contribution in [0.4, 0.5) is 9.80 Å². The first kappa shape index (κ1) is 18.9. The molecule has 0 spiro atoms. The number of nitriles is 1. The number of aryl methyl sites for hydroxylation is 1. The molecule has 0 aromatic carbocycles. The van der Waals surface area contributed by atoms with Crippen LogP contribution < -0.4 is 5.32 Å². The van der Waals surface area contributed by atoms with E-state index < -0.39 is 0 Å². The summed E-state index contributed by atoms with van der Waals surface area (Å²) in [7, 11) is 0. The fourth-order valence-electron chi connectivity index (χ4n) is 2.96. The number of hydrogen-bond acceptors (Lipinski definition) is 6. The van der Waals surface area contributed by atoms with Crippen molar-refractivity contribution in [3.63, 3.8) is 0 Å². The zero-order valence-corrected chi connectivity index (χ0v) is 15.8. The van der Waals surface area contributed by atoms with Crippen LogP contribution in [-0.2, 0) is 28.9 Å². The van der Waals surface area contributed by atoms with Crippen LogP contribution in [0.5, 0.6) is 0 Å². The second-order valence-corrected chi connectivity index (χ2v) is 7.16. The number of nitrogens with zero attached hydrogens (tertiary/aromatic N) is 3. The molecule has 0 saturated heterocycles. The Morgan fingerprint density at radius 2 is 2.30 bits per heavy atom. The van der Waals surface area contributed by atoms with E-state index in [0.29, 0.717) is 49.5 Å². The minimum absolute atomic E-state index is 0.155. The van der Waals surface area contributed by atoms with Crippen LogP contribution in [0.2, 0.25) is 0 Å². The molecule has 27 heavy (non-hydrogen) atoms. The van der Waals surface area contributed by atoms with Gasteiger partial charge in [0.05, 0.1) is 18.7 Å². The largest absolute Gasteiger partial charge is 0.450 e. The van der Waals surface area contributed by atoms with E-state index in [2.05, 4.69) is 16.4 Å². The number of rotatable bonds is 5. The van der Waals surface area contributed by atoms with Gasteiger partial charge in [-0.15, -0.1) is 11.3 Å². The molecule has 0 unspecified atom stereocenters. The van der Waals surface area contributed by atoms with Gasteiger partial charge in [-0.3, -0.25) is 9.78 Å². The summed E-state index contributed by atoms with van der Waals surface area (Å²) < 4.78 is 5.05. The molecule has 0 radical (unpaired) electrons. The molecule has 0 saturated carbocycles. The number of amides is 2. The van der Waals surface area contributed by atoms with Gasteiger partial charge < -0.3 is 15.0 Å². The third-order valence-electron chi connectivity index (χ3n) is 4.28. The Balaban J connectivity index is 1.67. The van der Waals surface area contributed by atoms with Crippen LogP contribution in [0, 0.1) is 11.3 Å². The van der Waals surface area contributed by atoms with E-state index in [4.69, 9.17) is 4.74 Å². The Morgan fingerprint density at radius 3 is 3.00 bits per heavy atom. The monoisotopic (exact) mass is 384 g/mol. The van der Waals surface area contributed by atoms with E-state index in [0.717, 1.165) is 16.1 Å². The lowest BCUT2D eigenvalue weighted by Crippen LogP contribution is -2.35. The third-order valence-corrected chi connectivity index (χ3v) is 5.41. The van der Waals surface area contributed by atoms with Crippen LogP contribution in [0.25, 0.3) is 0 Å². The van der Waals surface area contributed by atoms with E-state index in [1.807, 2.05) is 18.2 Å². The quantitative estimate of drug-likeness (QED) is 0.855. The first-order valence-electron chi connectivity index (χ1n) is 8.78. The van der Waals surface area contributed by atoms with Crippen molar-refractivity contribution in [2.45, 2.75) is 32.7 Å². The third kappa shape index (κ3) is 4.44. The first-order valence-corrected chi connectivity index (χ1v) is 9.60. The maximum atomic E-state index is 12.3. The Morgan fingerprint density at radius 1 is 1.44 bits per heavy atom. The summed E-state index contributed by atoms with van der Waals surface area (Å²) in [6.07, 6.45) is 2.76. The summed E-state index contributed by atoms with van der Waals surface area (Å²) in [5.74, 6) is -0.155. The minimum Gasteiger partial charge on any atom is -0.450 e. The van der Waals surface area contributed by atoms with Crippen LogP contribution in [-0.4, -0.2) is 35.0 Å². The molecule has 7 nitrogen and oxygen atoms in total. The van der Waals surface area contributed by atoms with Crippen molar-refractivity contribution in [1.82, 2.24) is 9.88 Å². The van der Waals surface area contributed by atoms with Crippen molar-refractivity contribution >= 4 is 28.3 Å². The predicted octanol–water partition coefficient (Wildman–Crippen LogP) is 3.10. The fourth-order valence-corrected chi connectivity index (χ4v) is 4.19. The van der Waals surface area contributed by atoms with Gasteiger partial charge in [0.2, 0.25) is 5.91 Å². The van der Waals surface area contributed by atoms with Crippen LogP contribution >= 0.6 is 11.3 Å². The minimum atomic E-state index is -0.351. The van der Waals surface area contributed by atoms with E-state index in [1.54, 1.807) is 18.0 Å². The summed E-state index contributed by atoms with van der Waals surface area (Å²) in [4.78, 5) is 31.0. The maximum Gasteiger partial charge on any atom is 0.410 e. The molecule has 2 aromatic heterocycles. The lowest BCUT2D eigenvalue weighted by molar-refractivity contribution is -0.116. The summed E-state index contributed by atoms with van der Waals surface area (Å²) in [6.45, 7) is 3.00. The molecule has 1 N–H and O–H groups in total. The van der Waals surface area contributed by atoms with E-state index in [9.17, 15) is 14.9 Å². The van der Waals surface area contributed by atoms with Gasteiger partial charge in [-0.25, -0.2) is 4.79 Å². The molecule has 2 amide bonds. The van der Waals surface area contributed by atoms with Gasteiger partial charge in [0.25, 0.3) is 0 Å². The number of nitrogens with one attached hydrogen (secondary N) is 1. The highest BCUT2D eigenvalue weighted by atomic mass is 32.1. The van der Waals surface area contributed by atoms with Gasteiger partial charge in [-0.1, -0.05) is 6.07 Å². The van der Waals surface area contributed by atoms with Gasteiger partial charge in [0.15, 0.2) is 0 Å². The average Bonchev–Trinajstić information content (AvgIpc) is 3.03. The zero-order chi connectivity index (χ0) is 19.2. The van der Waals surface area contributed by atoms with Gasteiger partial charge in [-0.2, -0.15) is 5.26 Å². The molecule has 1 aliphatic heterocycles. The smallest absolute Gasteiger partial charge is 0.410 e. The van der Waals surface area contributed by atoms with Gasteiger partial charge >= 0.3 is 6.09 Å². The van der Waals surface area contributed by atoms with Crippen LogP contribution in [0.1, 0.15) is 35.0 Å². The van der Waals surface area contributed by atoms with Crippen molar-refractivity contribution in [3.8, 4) is 6.07 Å². The number of aromatic nitrogens is 1. The van der Waals surface area contributed by atoms with E-state index in [-0.39, 0.29) is 12.0 Å². The molecule has 2 aromatic rings. The Bertz CT molecular complexity index is 873. The number of carbonyl (C=O) groups is 2. The molecule has 0 fully saturated rings. The summed E-state index contributed by atoms with van der Waals surface area (Å²) in [5, 5.41) is 12.9. The van der Waals surface area contributed by atoms with Crippen molar-refractivity contribution in [2.75, 3.05) is 18.5 Å². The standard InChI is InChI=1S/C19H20N4O3S/c1-2-26-19(25)23-10-8-14-15(11-20)18(27-16(14)12-23)22-17(24)7-6-13-5-3-4-9-21-13/h3-5,9H,2,6-8,10,12H2,1H3,(H,22,24). The van der Waals surface area contributed by atoms with E-state index >= 15 is 0 Å². The maximum absolute atomic E-state index is 12.3. The van der Waals surface area contributed by atoms with E-state index in [1.165, 1.54) is 11.3 Å². The van der Waals surface area contributed by atoms with Gasteiger partial charge in [-0.05, 0) is 37.5 Å². The average molecular weight is 384 g/mol. The number of pyridine rings is 1. The summed E-state index contributed by atoms with van der Waals surface area (Å²) in [5.41, 5.74) is 2.27. The number of ether oxygens (including phenoxy) is 1. The second-order valence-electron chi connectivity index (χ2n) is 6.06. The second kappa shape index (κ2) is 8.64. The lowest BCUT2D eigenvalue weighted by atomic mass is 10.0. The van der Waals surface area contributed by atoms with Crippen molar-refractivity contribution in [2.24, 2.45) is 0 Å². The number of hydrogen-bond donors (Lipinski definition) is 1. The van der Waals surface area contributed by atoms with Crippen LogP contribution in [0.3, 0.4) is 0 Å². The summed E-state index contributed by atoms with van der Waals surface area (Å²) in [6, 6.07) is 7.79. The SMILES string of the molecule is CCOC(=O)N1CCc2c(sc(NC(=O)CCc3ccccn3)c2C#N)C1. The molecule has 0 atom stereocenters. The van der Waals surface area contributed by atoms with Crippen LogP contribution in [0.15, 0.2) is 24.4 Å². The summed E-state index contributed by atoms with van der Waals surface area (Å²) >= 11 is 1.36. The number of thiophene rings is 1. The van der Waals surface area contributed by atoms with Crippen molar-refractivity contribution < 1.29 is 14.3 Å². The fraction of sp³-hybridized carbons (Fsp3) is 0.368. The number of fused-ring (bicyclic) bond motifs is 1. The van der Waals surface area contributed by atoms with Gasteiger partial charge in [0, 0.05) is 29.7 Å².